The van der Waals surface area contributed by atoms with Crippen molar-refractivity contribution in [1.29, 1.82) is 0 Å². The first kappa shape index (κ1) is 46.8. The van der Waals surface area contributed by atoms with E-state index in [4.69, 9.17) is 42.5 Å². The molecule has 73 heavy (non-hydrogen) atoms. The van der Waals surface area contributed by atoms with E-state index in [1.54, 1.807) is 0 Å². The van der Waals surface area contributed by atoms with Crippen LogP contribution in [-0.4, -0.2) is 43.0 Å². The van der Waals surface area contributed by atoms with Crippen LogP contribution in [0.4, 0.5) is 0 Å². The highest BCUT2D eigenvalue weighted by Gasteiger charge is 2.67. The minimum absolute atomic E-state index is 0.102. The molecule has 0 radical (unpaired) electrons. The maximum Gasteiger partial charge on any atom is 0.399 e. The van der Waals surface area contributed by atoms with E-state index in [2.05, 4.69) is 103 Å². The number of hydrogen-bond donors (Lipinski definition) is 0. The molecule has 364 valence electrons. The van der Waals surface area contributed by atoms with Crippen LogP contribution in [0.3, 0.4) is 0 Å². The minimum Gasteiger partial charge on any atom is -0.478 e. The Morgan fingerprint density at radius 2 is 0.863 bits per heavy atom. The molecule has 0 aromatic heterocycles. The van der Waals surface area contributed by atoms with Crippen molar-refractivity contribution in [2.24, 2.45) is 15.9 Å². The third-order valence-corrected chi connectivity index (χ3v) is 15.4. The molecule has 10 heteroatoms. The molecule has 0 amide bonds. The molecular weight excluding hydrogens is 928 g/mol. The van der Waals surface area contributed by atoms with E-state index in [1.165, 1.54) is 0 Å². The predicted molar refractivity (Wildman–Crippen MR) is 285 cm³/mol. The molecule has 8 aromatic carbocycles. The lowest BCUT2D eigenvalue weighted by Gasteiger charge is -2.41. The SMILES string of the molecule is CC1(C)O[C@@H]2[C@@H](O1)C(c1ccccc1)(c1ccccc1)OP(Oc1ccccc1-c1ccc(CC(C3=N[C@H](c4ccccc4)CO3)C3=N[C@H](c4ccccc4)CO3)cc1)OC2(c1ccccc1)c1ccccc1. The van der Waals surface area contributed by atoms with Gasteiger partial charge in [0.1, 0.15) is 49.2 Å². The van der Waals surface area contributed by atoms with Gasteiger partial charge in [-0.25, -0.2) is 9.98 Å². The van der Waals surface area contributed by atoms with Gasteiger partial charge in [0.15, 0.2) is 28.8 Å². The number of benzene rings is 8. The van der Waals surface area contributed by atoms with E-state index in [0.717, 1.165) is 50.1 Å². The van der Waals surface area contributed by atoms with E-state index >= 15 is 0 Å². The number of fused-ring (bicyclic) bond motifs is 1. The van der Waals surface area contributed by atoms with Crippen LogP contribution in [0.5, 0.6) is 5.75 Å². The summed E-state index contributed by atoms with van der Waals surface area (Å²) in [6.45, 7) is 4.85. The molecular formula is C63H55N2O7P. The highest BCUT2D eigenvalue weighted by molar-refractivity contribution is 7.42. The predicted octanol–water partition coefficient (Wildman–Crippen LogP) is 13.9. The second-order valence-corrected chi connectivity index (χ2v) is 20.3. The fraction of sp³-hybridized carbons (Fsp3) is 0.206. The van der Waals surface area contributed by atoms with Crippen molar-refractivity contribution in [2.75, 3.05) is 13.2 Å². The van der Waals surface area contributed by atoms with Crippen molar-refractivity contribution in [3.05, 3.63) is 269 Å². The van der Waals surface area contributed by atoms with E-state index in [-0.39, 0.29) is 18.0 Å². The first-order valence-corrected chi connectivity index (χ1v) is 26.1. The zero-order valence-electron chi connectivity index (χ0n) is 40.6. The quantitative estimate of drug-likeness (QED) is 0.106. The summed E-state index contributed by atoms with van der Waals surface area (Å²) in [4.78, 5) is 10.3. The summed E-state index contributed by atoms with van der Waals surface area (Å²) >= 11 is 0. The summed E-state index contributed by atoms with van der Waals surface area (Å²) < 4.78 is 49.9. The second-order valence-electron chi connectivity index (χ2n) is 19.3. The summed E-state index contributed by atoms with van der Waals surface area (Å²) in [6.07, 6.45) is -0.882. The third-order valence-electron chi connectivity index (χ3n) is 14.2. The van der Waals surface area contributed by atoms with Crippen molar-refractivity contribution >= 4 is 20.4 Å². The Labute approximate surface area is 428 Å². The maximum absolute atomic E-state index is 7.67. The standard InChI is InChI=1S/C63H55N2O7P/c1-61(2)68-57-58(69-61)63(50-31-17-7-18-32-50,51-33-19-8-20-34-51)72-73(71-62(57,48-27-13-5-14-28-48)49-29-15-6-16-30-49)70-56-36-22-21-35-52(56)45-39-37-44(38-40-45)41-53(59-64-54(42-66-59)46-23-9-3-10-24-46)60-65-55(43-67-60)47-25-11-4-12-26-47/h3-40,53-55,57-58H,41-43H2,1-2H3/t54-,55-,57+,58+/m0/s1. The van der Waals surface area contributed by atoms with Crippen LogP contribution >= 0.6 is 8.60 Å². The lowest BCUT2D eigenvalue weighted by Crippen LogP contribution is -2.53. The molecule has 4 aliphatic heterocycles. The van der Waals surface area contributed by atoms with Crippen molar-refractivity contribution < 1.29 is 32.5 Å². The lowest BCUT2D eigenvalue weighted by molar-refractivity contribution is -0.175. The Morgan fingerprint density at radius 3 is 1.29 bits per heavy atom. The van der Waals surface area contributed by atoms with Crippen LogP contribution in [0, 0.1) is 5.92 Å². The molecule has 0 saturated carbocycles. The number of nitrogens with zero attached hydrogens (tertiary/aromatic N) is 2. The zero-order valence-corrected chi connectivity index (χ0v) is 41.5. The Balaban J connectivity index is 0.926. The van der Waals surface area contributed by atoms with Gasteiger partial charge in [-0.05, 0) is 70.8 Å². The summed E-state index contributed by atoms with van der Waals surface area (Å²) in [6, 6.07) is 78.0. The Kier molecular flexibility index (Phi) is 12.8. The first-order chi connectivity index (χ1) is 35.9. The van der Waals surface area contributed by atoms with Gasteiger partial charge in [0.2, 0.25) is 0 Å². The number of ether oxygens (including phenoxy) is 4. The molecule has 0 bridgehead atoms. The van der Waals surface area contributed by atoms with Gasteiger partial charge >= 0.3 is 8.60 Å². The second kappa shape index (κ2) is 20.0. The molecule has 0 spiro atoms. The van der Waals surface area contributed by atoms with Gasteiger partial charge in [0, 0.05) is 5.56 Å². The fourth-order valence-electron chi connectivity index (χ4n) is 10.8. The number of aliphatic imine (C=N–C) groups is 2. The smallest absolute Gasteiger partial charge is 0.399 e. The zero-order chi connectivity index (χ0) is 49.2. The molecule has 0 aliphatic carbocycles. The van der Waals surface area contributed by atoms with Crippen LogP contribution in [0.1, 0.15) is 64.9 Å². The summed E-state index contributed by atoms with van der Waals surface area (Å²) in [5.74, 6) is 0.554. The van der Waals surface area contributed by atoms with Gasteiger partial charge in [-0.15, -0.1) is 0 Å². The van der Waals surface area contributed by atoms with E-state index in [9.17, 15) is 0 Å². The summed E-state index contributed by atoms with van der Waals surface area (Å²) in [5.41, 5.74) is 6.12. The lowest BCUT2D eigenvalue weighted by atomic mass is 9.72. The number of para-hydroxylation sites is 1. The minimum atomic E-state index is -2.29. The molecule has 4 aliphatic rings. The monoisotopic (exact) mass is 982 g/mol. The highest BCUT2D eigenvalue weighted by atomic mass is 31.2. The van der Waals surface area contributed by atoms with Gasteiger partial charge in [-0.1, -0.05) is 224 Å². The molecule has 2 fully saturated rings. The van der Waals surface area contributed by atoms with Crippen molar-refractivity contribution in [2.45, 2.75) is 61.5 Å². The maximum atomic E-state index is 7.67. The largest absolute Gasteiger partial charge is 0.478 e. The first-order valence-electron chi connectivity index (χ1n) is 25.0. The average molecular weight is 983 g/mol. The van der Waals surface area contributed by atoms with Crippen molar-refractivity contribution in [1.82, 2.24) is 0 Å². The summed E-state index contributed by atoms with van der Waals surface area (Å²) in [7, 11) is -2.29. The van der Waals surface area contributed by atoms with Crippen LogP contribution in [0.25, 0.3) is 11.1 Å². The van der Waals surface area contributed by atoms with E-state index < -0.39 is 37.8 Å². The van der Waals surface area contributed by atoms with Gasteiger partial charge in [-0.3, -0.25) is 9.05 Å². The van der Waals surface area contributed by atoms with Crippen LogP contribution in [-0.2, 0) is 45.6 Å². The summed E-state index contributed by atoms with van der Waals surface area (Å²) in [5, 5.41) is 0. The molecule has 2 saturated heterocycles. The fourth-order valence-corrected chi connectivity index (χ4v) is 12.3. The van der Waals surface area contributed by atoms with Crippen molar-refractivity contribution in [3.8, 4) is 16.9 Å². The van der Waals surface area contributed by atoms with E-state index in [1.807, 2.05) is 141 Å². The number of hydrogen-bond acceptors (Lipinski definition) is 9. The van der Waals surface area contributed by atoms with Crippen LogP contribution in [0.2, 0.25) is 0 Å². The number of rotatable bonds is 13. The molecule has 0 N–H and O–H groups in total. The Bertz CT molecular complexity index is 2950. The molecule has 0 unspecified atom stereocenters. The van der Waals surface area contributed by atoms with Crippen LogP contribution in [0.15, 0.2) is 241 Å². The van der Waals surface area contributed by atoms with E-state index in [0.29, 0.717) is 37.2 Å². The molecule has 8 aromatic rings. The van der Waals surface area contributed by atoms with Gasteiger partial charge in [0.05, 0.1) is 0 Å². The van der Waals surface area contributed by atoms with Gasteiger partial charge in [-0.2, -0.15) is 0 Å². The average Bonchev–Trinajstić information content (AvgIpc) is 4.22. The molecule has 4 heterocycles. The van der Waals surface area contributed by atoms with Gasteiger partial charge < -0.3 is 23.5 Å². The van der Waals surface area contributed by atoms with Crippen LogP contribution < -0.4 is 4.52 Å². The highest BCUT2D eigenvalue weighted by Crippen LogP contribution is 2.65. The van der Waals surface area contributed by atoms with Crippen molar-refractivity contribution in [3.63, 3.8) is 0 Å². The Hall–Kier alpha value is -7.23. The van der Waals surface area contributed by atoms with Gasteiger partial charge in [0.25, 0.3) is 0 Å². The third kappa shape index (κ3) is 9.07. The molecule has 12 rings (SSSR count). The molecule has 4 atom stereocenters. The topological polar surface area (TPSA) is 89.3 Å². The Morgan fingerprint density at radius 1 is 0.479 bits per heavy atom. The normalized spacial score (nSPS) is 21.8. The molecule has 9 nitrogen and oxygen atoms in total.